The molecule has 2 N–H and O–H groups in total. The van der Waals surface area contributed by atoms with Crippen molar-refractivity contribution in [2.24, 2.45) is 11.8 Å². The molecule has 7 nitrogen and oxygen atoms in total. The van der Waals surface area contributed by atoms with Gasteiger partial charge in [-0.3, -0.25) is 14.5 Å². The van der Waals surface area contributed by atoms with E-state index in [2.05, 4.69) is 29.4 Å². The minimum atomic E-state index is -0.0961. The fourth-order valence-electron chi connectivity index (χ4n) is 3.10. The third-order valence-electron chi connectivity index (χ3n) is 4.69. The summed E-state index contributed by atoms with van der Waals surface area (Å²) in [7, 11) is 3.14. The fraction of sp³-hybridized carbons (Fsp3) is 0.600. The standard InChI is InChI=1S/C20H31N3O4/c1-14(2)12-21-20(25)15-7-9-23(10-8-15)13-19(24)22-17-6-5-16(26-3)11-18(17)27-4/h5-6,11,14-15H,7-10,12-13H2,1-4H3,(H,21,25)(H,22,24). The predicted octanol–water partition coefficient (Wildman–Crippen LogP) is 2.13. The summed E-state index contributed by atoms with van der Waals surface area (Å²) >= 11 is 0. The number of nitrogens with one attached hydrogen (secondary N) is 2. The summed E-state index contributed by atoms with van der Waals surface area (Å²) in [5.41, 5.74) is 0.617. The zero-order valence-corrected chi connectivity index (χ0v) is 16.7. The molecule has 1 aliphatic rings. The monoisotopic (exact) mass is 377 g/mol. The first-order valence-electron chi connectivity index (χ1n) is 9.44. The number of ether oxygens (including phenoxy) is 2. The minimum Gasteiger partial charge on any atom is -0.497 e. The van der Waals surface area contributed by atoms with E-state index in [1.165, 1.54) is 0 Å². The Morgan fingerprint density at radius 2 is 1.89 bits per heavy atom. The molecular weight excluding hydrogens is 346 g/mol. The number of rotatable bonds is 8. The van der Waals surface area contributed by atoms with Gasteiger partial charge >= 0.3 is 0 Å². The highest BCUT2D eigenvalue weighted by atomic mass is 16.5. The third-order valence-corrected chi connectivity index (χ3v) is 4.69. The van der Waals surface area contributed by atoms with Crippen LogP contribution < -0.4 is 20.1 Å². The lowest BCUT2D eigenvalue weighted by Gasteiger charge is -2.30. The van der Waals surface area contributed by atoms with Crippen LogP contribution in [0.15, 0.2) is 18.2 Å². The van der Waals surface area contributed by atoms with Crippen molar-refractivity contribution in [3.05, 3.63) is 18.2 Å². The highest BCUT2D eigenvalue weighted by Gasteiger charge is 2.26. The average molecular weight is 377 g/mol. The van der Waals surface area contributed by atoms with Gasteiger partial charge in [-0.2, -0.15) is 0 Å². The van der Waals surface area contributed by atoms with Gasteiger partial charge in [0.1, 0.15) is 11.5 Å². The van der Waals surface area contributed by atoms with Gasteiger partial charge in [0.15, 0.2) is 0 Å². The van der Waals surface area contributed by atoms with E-state index in [0.29, 0.717) is 36.2 Å². The molecule has 0 spiro atoms. The van der Waals surface area contributed by atoms with Gasteiger partial charge in [0, 0.05) is 18.5 Å². The van der Waals surface area contributed by atoms with Crippen LogP contribution in [0.1, 0.15) is 26.7 Å². The molecule has 0 bridgehead atoms. The van der Waals surface area contributed by atoms with Crippen molar-refractivity contribution < 1.29 is 19.1 Å². The second-order valence-electron chi connectivity index (χ2n) is 7.30. The van der Waals surface area contributed by atoms with Crippen molar-refractivity contribution in [2.75, 3.05) is 45.7 Å². The first-order chi connectivity index (χ1) is 12.9. The molecular formula is C20H31N3O4. The van der Waals surface area contributed by atoms with E-state index < -0.39 is 0 Å². The van der Waals surface area contributed by atoms with E-state index >= 15 is 0 Å². The Morgan fingerprint density at radius 3 is 2.48 bits per heavy atom. The van der Waals surface area contributed by atoms with Gasteiger partial charge in [0.05, 0.1) is 26.5 Å². The third kappa shape index (κ3) is 6.43. The fourth-order valence-corrected chi connectivity index (χ4v) is 3.10. The van der Waals surface area contributed by atoms with Crippen LogP contribution in [0.3, 0.4) is 0 Å². The van der Waals surface area contributed by atoms with Crippen molar-refractivity contribution in [3.63, 3.8) is 0 Å². The molecule has 0 atom stereocenters. The number of hydrogen-bond acceptors (Lipinski definition) is 5. The zero-order chi connectivity index (χ0) is 19.8. The molecule has 0 aliphatic carbocycles. The van der Waals surface area contributed by atoms with Crippen LogP contribution in [0, 0.1) is 11.8 Å². The summed E-state index contributed by atoms with van der Waals surface area (Å²) in [6, 6.07) is 5.27. The van der Waals surface area contributed by atoms with Gasteiger partial charge in [-0.25, -0.2) is 0 Å². The van der Waals surface area contributed by atoms with Crippen molar-refractivity contribution in [1.82, 2.24) is 10.2 Å². The van der Waals surface area contributed by atoms with E-state index in [1.54, 1.807) is 32.4 Å². The summed E-state index contributed by atoms with van der Waals surface area (Å²) < 4.78 is 10.5. The minimum absolute atomic E-state index is 0.0461. The molecule has 1 aliphatic heterocycles. The molecule has 7 heteroatoms. The van der Waals surface area contributed by atoms with Crippen LogP contribution in [0.25, 0.3) is 0 Å². The number of amides is 2. The maximum absolute atomic E-state index is 12.4. The number of anilines is 1. The summed E-state index contributed by atoms with van der Waals surface area (Å²) in [4.78, 5) is 26.6. The van der Waals surface area contributed by atoms with Crippen LogP contribution in [0.4, 0.5) is 5.69 Å². The maximum Gasteiger partial charge on any atom is 0.238 e. The number of nitrogens with zero attached hydrogens (tertiary/aromatic N) is 1. The number of carbonyl (C=O) groups is 2. The Bertz CT molecular complexity index is 640. The number of piperidine rings is 1. The largest absolute Gasteiger partial charge is 0.497 e. The van der Waals surface area contributed by atoms with Crippen LogP contribution in [0.5, 0.6) is 11.5 Å². The molecule has 1 fully saturated rings. The number of carbonyl (C=O) groups excluding carboxylic acids is 2. The molecule has 27 heavy (non-hydrogen) atoms. The SMILES string of the molecule is COc1ccc(NC(=O)CN2CCC(C(=O)NCC(C)C)CC2)c(OC)c1. The molecule has 2 amide bonds. The van der Waals surface area contributed by atoms with Crippen LogP contribution >= 0.6 is 0 Å². The second-order valence-corrected chi connectivity index (χ2v) is 7.30. The summed E-state index contributed by atoms with van der Waals surface area (Å²) in [5.74, 6) is 1.76. The molecule has 1 saturated heterocycles. The van der Waals surface area contributed by atoms with E-state index in [1.807, 2.05) is 0 Å². The predicted molar refractivity (Wildman–Crippen MR) is 105 cm³/mol. The van der Waals surface area contributed by atoms with Crippen molar-refractivity contribution in [3.8, 4) is 11.5 Å². The molecule has 2 rings (SSSR count). The number of likely N-dealkylation sites (tertiary alicyclic amines) is 1. The van der Waals surface area contributed by atoms with E-state index in [4.69, 9.17) is 9.47 Å². The van der Waals surface area contributed by atoms with Gasteiger partial charge in [-0.05, 0) is 44.0 Å². The van der Waals surface area contributed by atoms with E-state index in [-0.39, 0.29) is 17.7 Å². The van der Waals surface area contributed by atoms with Crippen LogP contribution in [-0.2, 0) is 9.59 Å². The van der Waals surface area contributed by atoms with Crippen LogP contribution in [-0.4, -0.2) is 57.1 Å². The Balaban J connectivity index is 1.80. The molecule has 0 unspecified atom stereocenters. The number of methoxy groups -OCH3 is 2. The number of hydrogen-bond donors (Lipinski definition) is 2. The molecule has 0 saturated carbocycles. The highest BCUT2D eigenvalue weighted by molar-refractivity contribution is 5.93. The van der Waals surface area contributed by atoms with Gasteiger partial charge in [-0.1, -0.05) is 13.8 Å². The normalized spacial score (nSPS) is 15.4. The Morgan fingerprint density at radius 1 is 1.19 bits per heavy atom. The number of benzene rings is 1. The van der Waals surface area contributed by atoms with Gasteiger partial charge < -0.3 is 20.1 Å². The summed E-state index contributed by atoms with van der Waals surface area (Å²) in [6.07, 6.45) is 1.56. The smallest absolute Gasteiger partial charge is 0.238 e. The summed E-state index contributed by atoms with van der Waals surface area (Å²) in [5, 5.41) is 5.89. The molecule has 150 valence electrons. The van der Waals surface area contributed by atoms with Crippen molar-refractivity contribution in [1.29, 1.82) is 0 Å². The lowest BCUT2D eigenvalue weighted by molar-refractivity contribution is -0.126. The Kier molecular flexibility index (Phi) is 7.91. The van der Waals surface area contributed by atoms with Gasteiger partial charge in [0.2, 0.25) is 11.8 Å². The topological polar surface area (TPSA) is 79.9 Å². The van der Waals surface area contributed by atoms with Gasteiger partial charge in [0.25, 0.3) is 0 Å². The molecule has 0 aromatic heterocycles. The summed E-state index contributed by atoms with van der Waals surface area (Å²) in [6.45, 7) is 6.67. The van der Waals surface area contributed by atoms with Crippen molar-refractivity contribution in [2.45, 2.75) is 26.7 Å². The molecule has 0 radical (unpaired) electrons. The average Bonchev–Trinajstić information content (AvgIpc) is 2.66. The van der Waals surface area contributed by atoms with Crippen molar-refractivity contribution >= 4 is 17.5 Å². The molecule has 1 aromatic rings. The van der Waals surface area contributed by atoms with E-state index in [9.17, 15) is 9.59 Å². The zero-order valence-electron chi connectivity index (χ0n) is 16.7. The van der Waals surface area contributed by atoms with Gasteiger partial charge in [-0.15, -0.1) is 0 Å². The first-order valence-corrected chi connectivity index (χ1v) is 9.44. The Labute approximate surface area is 161 Å². The quantitative estimate of drug-likeness (QED) is 0.725. The lowest BCUT2D eigenvalue weighted by Crippen LogP contribution is -2.43. The maximum atomic E-state index is 12.4. The first kappa shape index (κ1) is 21.0. The second kappa shape index (κ2) is 10.2. The highest BCUT2D eigenvalue weighted by Crippen LogP contribution is 2.29. The lowest BCUT2D eigenvalue weighted by atomic mass is 9.95. The van der Waals surface area contributed by atoms with Crippen LogP contribution in [0.2, 0.25) is 0 Å². The van der Waals surface area contributed by atoms with E-state index in [0.717, 1.165) is 25.9 Å². The molecule has 1 heterocycles. The molecule has 1 aromatic carbocycles. The Hall–Kier alpha value is -2.28.